The Morgan fingerprint density at radius 2 is 1.58 bits per heavy atom. The van der Waals surface area contributed by atoms with Gasteiger partial charge in [0.25, 0.3) is 11.8 Å². The second-order valence-electron chi connectivity index (χ2n) is 8.59. The molecule has 3 aromatic carbocycles. The number of hydrogen-bond acceptors (Lipinski definition) is 4. The molecule has 0 saturated carbocycles. The van der Waals surface area contributed by atoms with E-state index in [2.05, 4.69) is 19.2 Å². The molecule has 1 N–H and O–H groups in total. The lowest BCUT2D eigenvalue weighted by molar-refractivity contribution is -0.120. The maximum atomic E-state index is 13.7. The number of anilines is 2. The van der Waals surface area contributed by atoms with Gasteiger partial charge in [-0.15, -0.1) is 0 Å². The van der Waals surface area contributed by atoms with E-state index in [1.165, 1.54) is 17.6 Å². The third kappa shape index (κ3) is 4.14. The Hall–Kier alpha value is -3.86. The summed E-state index contributed by atoms with van der Waals surface area (Å²) >= 11 is 0. The molecule has 168 valence electrons. The van der Waals surface area contributed by atoms with Gasteiger partial charge in [-0.05, 0) is 60.7 Å². The first-order chi connectivity index (χ1) is 15.8. The van der Waals surface area contributed by atoms with Crippen molar-refractivity contribution in [3.05, 3.63) is 94.7 Å². The van der Waals surface area contributed by atoms with Crippen LogP contribution >= 0.6 is 0 Å². The molecule has 0 aromatic heterocycles. The van der Waals surface area contributed by atoms with Crippen LogP contribution in [-0.2, 0) is 9.59 Å². The van der Waals surface area contributed by atoms with Crippen LogP contribution < -0.4 is 15.0 Å². The van der Waals surface area contributed by atoms with Crippen molar-refractivity contribution >= 4 is 28.8 Å². The molecule has 0 aliphatic carbocycles. The molecule has 5 heteroatoms. The number of methoxy groups -OCH3 is 1. The fourth-order valence-electron chi connectivity index (χ4n) is 4.12. The highest BCUT2D eigenvalue weighted by Gasteiger charge is 2.41. The Balaban J connectivity index is 1.84. The van der Waals surface area contributed by atoms with E-state index in [0.29, 0.717) is 22.9 Å². The molecule has 1 aliphatic rings. The zero-order chi connectivity index (χ0) is 23.7. The quantitative estimate of drug-likeness (QED) is 0.490. The molecule has 0 fully saturated rings. The van der Waals surface area contributed by atoms with Gasteiger partial charge in [0.05, 0.1) is 18.4 Å². The predicted octanol–water partition coefficient (Wildman–Crippen LogP) is 5.83. The first-order valence-corrected chi connectivity index (χ1v) is 11.0. The van der Waals surface area contributed by atoms with Crippen LogP contribution in [0.2, 0.25) is 0 Å². The van der Waals surface area contributed by atoms with E-state index in [1.807, 2.05) is 56.3 Å². The van der Waals surface area contributed by atoms with Crippen LogP contribution in [0, 0.1) is 13.8 Å². The van der Waals surface area contributed by atoms with E-state index in [4.69, 9.17) is 4.74 Å². The second-order valence-corrected chi connectivity index (χ2v) is 8.59. The summed E-state index contributed by atoms with van der Waals surface area (Å²) in [5.74, 6) is 0.0756. The van der Waals surface area contributed by atoms with E-state index < -0.39 is 5.91 Å². The van der Waals surface area contributed by atoms with Crippen LogP contribution in [-0.4, -0.2) is 18.9 Å². The molecule has 1 aliphatic heterocycles. The molecule has 3 aromatic rings. The summed E-state index contributed by atoms with van der Waals surface area (Å²) < 4.78 is 5.44. The highest BCUT2D eigenvalue weighted by atomic mass is 16.5. The van der Waals surface area contributed by atoms with Crippen LogP contribution in [0.1, 0.15) is 42.0 Å². The largest absolute Gasteiger partial charge is 0.495 e. The van der Waals surface area contributed by atoms with Crippen molar-refractivity contribution in [3.8, 4) is 5.75 Å². The van der Waals surface area contributed by atoms with Gasteiger partial charge in [-0.2, -0.15) is 0 Å². The minimum absolute atomic E-state index is 0.259. The smallest absolute Gasteiger partial charge is 0.282 e. The number of imide groups is 1. The number of carbonyl (C=O) groups is 2. The molecule has 4 rings (SSSR count). The minimum Gasteiger partial charge on any atom is -0.495 e. The second kappa shape index (κ2) is 8.94. The number of carbonyl (C=O) groups excluding carboxylic acids is 2. The van der Waals surface area contributed by atoms with Crippen molar-refractivity contribution in [2.45, 2.75) is 33.6 Å². The van der Waals surface area contributed by atoms with E-state index in [-0.39, 0.29) is 11.6 Å². The van der Waals surface area contributed by atoms with Gasteiger partial charge < -0.3 is 10.1 Å². The molecule has 0 bridgehead atoms. The van der Waals surface area contributed by atoms with Crippen LogP contribution in [0.3, 0.4) is 0 Å². The van der Waals surface area contributed by atoms with Crippen molar-refractivity contribution in [1.29, 1.82) is 0 Å². The fraction of sp³-hybridized carbons (Fsp3) is 0.214. The van der Waals surface area contributed by atoms with Crippen molar-refractivity contribution in [2.75, 3.05) is 17.3 Å². The summed E-state index contributed by atoms with van der Waals surface area (Å²) in [5, 5.41) is 3.24. The van der Waals surface area contributed by atoms with E-state index in [1.54, 1.807) is 24.3 Å². The number of hydrogen-bond donors (Lipinski definition) is 1. The third-order valence-electron chi connectivity index (χ3n) is 5.91. The topological polar surface area (TPSA) is 58.6 Å². The Morgan fingerprint density at radius 1 is 0.879 bits per heavy atom. The molecule has 0 unspecified atom stereocenters. The highest BCUT2D eigenvalue weighted by molar-refractivity contribution is 6.46. The number of benzene rings is 3. The molecule has 33 heavy (non-hydrogen) atoms. The monoisotopic (exact) mass is 440 g/mol. The molecule has 0 atom stereocenters. The predicted molar refractivity (Wildman–Crippen MR) is 132 cm³/mol. The molecule has 1 heterocycles. The minimum atomic E-state index is -0.410. The van der Waals surface area contributed by atoms with E-state index in [9.17, 15) is 9.59 Å². The number of nitrogens with one attached hydrogen (secondary N) is 1. The average Bonchev–Trinajstić information content (AvgIpc) is 3.03. The molecule has 5 nitrogen and oxygen atoms in total. The van der Waals surface area contributed by atoms with Gasteiger partial charge in [-0.3, -0.25) is 9.59 Å². The van der Waals surface area contributed by atoms with Gasteiger partial charge in [0, 0.05) is 5.69 Å². The Kier molecular flexibility index (Phi) is 6.05. The van der Waals surface area contributed by atoms with Gasteiger partial charge in [-0.25, -0.2) is 4.90 Å². The molecule has 0 saturated heterocycles. The van der Waals surface area contributed by atoms with Crippen LogP contribution in [0.4, 0.5) is 11.4 Å². The zero-order valence-electron chi connectivity index (χ0n) is 19.6. The molecular weight excluding hydrogens is 412 g/mol. The summed E-state index contributed by atoms with van der Waals surface area (Å²) in [5.41, 5.74) is 5.75. The molecule has 2 amide bonds. The van der Waals surface area contributed by atoms with E-state index >= 15 is 0 Å². The van der Waals surface area contributed by atoms with Crippen molar-refractivity contribution in [2.24, 2.45) is 0 Å². The first-order valence-electron chi connectivity index (χ1n) is 11.0. The van der Waals surface area contributed by atoms with Crippen LogP contribution in [0.5, 0.6) is 5.75 Å². The lowest BCUT2D eigenvalue weighted by atomic mass is 9.97. The highest BCUT2D eigenvalue weighted by Crippen LogP contribution is 2.38. The Bertz CT molecular complexity index is 1260. The molecular formula is C28H28N2O3. The number of nitrogens with zero attached hydrogens (tertiary/aromatic N) is 1. The first kappa shape index (κ1) is 22.3. The number of rotatable bonds is 6. The van der Waals surface area contributed by atoms with Crippen molar-refractivity contribution in [3.63, 3.8) is 0 Å². The molecule has 0 radical (unpaired) electrons. The van der Waals surface area contributed by atoms with Crippen molar-refractivity contribution < 1.29 is 14.3 Å². The summed E-state index contributed by atoms with van der Waals surface area (Å²) in [4.78, 5) is 28.6. The molecule has 0 spiro atoms. The number of ether oxygens (including phenoxy) is 1. The zero-order valence-corrected chi connectivity index (χ0v) is 19.6. The van der Waals surface area contributed by atoms with Crippen LogP contribution in [0.15, 0.2) is 72.4 Å². The summed E-state index contributed by atoms with van der Waals surface area (Å²) in [6, 6.07) is 20.9. The van der Waals surface area contributed by atoms with Gasteiger partial charge in [0.1, 0.15) is 11.4 Å². The number of para-hydroxylation sites is 2. The number of aryl methyl sites for hydroxylation is 2. The van der Waals surface area contributed by atoms with Crippen molar-refractivity contribution in [1.82, 2.24) is 0 Å². The normalized spacial score (nSPS) is 13.8. The van der Waals surface area contributed by atoms with Gasteiger partial charge in [-0.1, -0.05) is 61.9 Å². The average molecular weight is 441 g/mol. The van der Waals surface area contributed by atoms with Gasteiger partial charge in [0.15, 0.2) is 0 Å². The van der Waals surface area contributed by atoms with E-state index in [0.717, 1.165) is 22.4 Å². The summed E-state index contributed by atoms with van der Waals surface area (Å²) in [7, 11) is 1.53. The maximum absolute atomic E-state index is 13.7. The van der Waals surface area contributed by atoms with Crippen LogP contribution in [0.25, 0.3) is 5.57 Å². The SMILES string of the molecule is COc1ccccc1N1C(=O)C(Nc2ccc(C(C)C)cc2)=C(c2ccc(C)cc2C)C1=O. The number of amides is 2. The maximum Gasteiger partial charge on any atom is 0.282 e. The third-order valence-corrected chi connectivity index (χ3v) is 5.91. The Labute approximate surface area is 194 Å². The fourth-order valence-corrected chi connectivity index (χ4v) is 4.12. The van der Waals surface area contributed by atoms with Gasteiger partial charge >= 0.3 is 0 Å². The lowest BCUT2D eigenvalue weighted by Gasteiger charge is -2.18. The standard InChI is InChI=1S/C28H28N2O3/c1-17(2)20-11-13-21(14-12-20)29-26-25(22-15-10-18(3)16-19(22)4)27(31)30(28(26)32)23-8-6-7-9-24(23)33-5/h6-17,29H,1-5H3. The Morgan fingerprint density at radius 3 is 2.21 bits per heavy atom. The van der Waals surface area contributed by atoms with Gasteiger partial charge in [0.2, 0.25) is 0 Å². The summed E-state index contributed by atoms with van der Waals surface area (Å²) in [6.45, 7) is 8.22. The summed E-state index contributed by atoms with van der Waals surface area (Å²) in [6.07, 6.45) is 0. The lowest BCUT2D eigenvalue weighted by Crippen LogP contribution is -2.32.